The fourth-order valence-electron chi connectivity index (χ4n) is 2.25. The van der Waals surface area contributed by atoms with Gasteiger partial charge in [-0.05, 0) is 24.3 Å². The highest BCUT2D eigenvalue weighted by molar-refractivity contribution is 5.66. The van der Waals surface area contributed by atoms with Crippen molar-refractivity contribution in [2.24, 2.45) is 0 Å². The molecule has 0 saturated carbocycles. The molecule has 0 bridgehead atoms. The van der Waals surface area contributed by atoms with E-state index in [1.807, 2.05) is 42.5 Å². The van der Waals surface area contributed by atoms with E-state index in [4.69, 9.17) is 9.47 Å². The van der Waals surface area contributed by atoms with Crippen LogP contribution in [0.3, 0.4) is 0 Å². The third kappa shape index (κ3) is 4.35. The zero-order chi connectivity index (χ0) is 17.5. The first-order valence-electron chi connectivity index (χ1n) is 7.73. The molecule has 0 saturated heterocycles. The van der Waals surface area contributed by atoms with Crippen LogP contribution in [0.5, 0.6) is 11.5 Å². The first kappa shape index (κ1) is 16.5. The quantitative estimate of drug-likeness (QED) is 0.685. The third-order valence-electron chi connectivity index (χ3n) is 3.52. The molecule has 0 spiro atoms. The maximum Gasteiger partial charge on any atom is 0.146 e. The minimum absolute atomic E-state index is 0.586. The summed E-state index contributed by atoms with van der Waals surface area (Å²) in [4.78, 5) is 12.7. The van der Waals surface area contributed by atoms with Crippen molar-refractivity contribution >= 4 is 17.3 Å². The van der Waals surface area contributed by atoms with E-state index in [1.54, 1.807) is 20.4 Å². The van der Waals surface area contributed by atoms with Crippen molar-refractivity contribution in [1.29, 1.82) is 0 Å². The van der Waals surface area contributed by atoms with Gasteiger partial charge in [0.05, 0.1) is 32.1 Å². The summed E-state index contributed by atoms with van der Waals surface area (Å²) in [7, 11) is 3.23. The Hall–Kier alpha value is -3.35. The van der Waals surface area contributed by atoms with Gasteiger partial charge in [0.2, 0.25) is 0 Å². The Labute approximate surface area is 146 Å². The lowest BCUT2D eigenvalue weighted by molar-refractivity contribution is 0.395. The SMILES string of the molecule is COc1ccc(Nc2cc(NCc3ccccn3)ncn2)c(OC)c1. The maximum absolute atomic E-state index is 5.39. The molecule has 0 amide bonds. The average molecular weight is 337 g/mol. The van der Waals surface area contributed by atoms with Crippen LogP contribution in [0.25, 0.3) is 0 Å². The number of rotatable bonds is 7. The second-order valence-corrected chi connectivity index (χ2v) is 5.15. The Bertz CT molecular complexity index is 827. The molecule has 1 aromatic carbocycles. The molecular weight excluding hydrogens is 318 g/mol. The summed E-state index contributed by atoms with van der Waals surface area (Å²) in [5.74, 6) is 2.75. The smallest absolute Gasteiger partial charge is 0.146 e. The van der Waals surface area contributed by atoms with Gasteiger partial charge in [0, 0.05) is 18.3 Å². The molecule has 0 aliphatic carbocycles. The number of hydrogen-bond acceptors (Lipinski definition) is 7. The van der Waals surface area contributed by atoms with E-state index in [0.29, 0.717) is 23.9 Å². The molecule has 0 fully saturated rings. The van der Waals surface area contributed by atoms with E-state index >= 15 is 0 Å². The number of methoxy groups -OCH3 is 2. The molecule has 3 rings (SSSR count). The molecule has 0 atom stereocenters. The highest BCUT2D eigenvalue weighted by Gasteiger charge is 2.07. The zero-order valence-corrected chi connectivity index (χ0v) is 14.1. The maximum atomic E-state index is 5.39. The predicted molar refractivity (Wildman–Crippen MR) is 96.4 cm³/mol. The lowest BCUT2D eigenvalue weighted by Gasteiger charge is -2.12. The van der Waals surface area contributed by atoms with Crippen molar-refractivity contribution in [1.82, 2.24) is 15.0 Å². The number of pyridine rings is 1. The molecule has 0 aliphatic heterocycles. The van der Waals surface area contributed by atoms with E-state index in [1.165, 1.54) is 6.33 Å². The van der Waals surface area contributed by atoms with Crippen LogP contribution in [0.1, 0.15) is 5.69 Å². The van der Waals surface area contributed by atoms with Gasteiger partial charge in [-0.25, -0.2) is 9.97 Å². The molecule has 0 radical (unpaired) electrons. The molecule has 0 unspecified atom stereocenters. The summed E-state index contributed by atoms with van der Waals surface area (Å²) in [5, 5.41) is 6.46. The van der Waals surface area contributed by atoms with Crippen LogP contribution < -0.4 is 20.1 Å². The molecule has 25 heavy (non-hydrogen) atoms. The molecule has 2 N–H and O–H groups in total. The third-order valence-corrected chi connectivity index (χ3v) is 3.52. The predicted octanol–water partition coefficient (Wildman–Crippen LogP) is 3.24. The Morgan fingerprint density at radius 2 is 1.80 bits per heavy atom. The molecule has 2 aromatic heterocycles. The monoisotopic (exact) mass is 337 g/mol. The molecule has 7 nitrogen and oxygen atoms in total. The lowest BCUT2D eigenvalue weighted by atomic mass is 10.2. The highest BCUT2D eigenvalue weighted by atomic mass is 16.5. The second-order valence-electron chi connectivity index (χ2n) is 5.15. The molecule has 3 aromatic rings. The zero-order valence-electron chi connectivity index (χ0n) is 14.1. The molecule has 2 heterocycles. The van der Waals surface area contributed by atoms with Gasteiger partial charge in [0.1, 0.15) is 29.5 Å². The van der Waals surface area contributed by atoms with Gasteiger partial charge in [-0.2, -0.15) is 0 Å². The van der Waals surface area contributed by atoms with Crippen LogP contribution in [0.4, 0.5) is 17.3 Å². The van der Waals surface area contributed by atoms with E-state index < -0.39 is 0 Å². The summed E-state index contributed by atoms with van der Waals surface area (Å²) < 4.78 is 10.6. The van der Waals surface area contributed by atoms with E-state index in [9.17, 15) is 0 Å². The summed E-state index contributed by atoms with van der Waals surface area (Å²) in [6.45, 7) is 0.586. The summed E-state index contributed by atoms with van der Waals surface area (Å²) in [6, 6.07) is 13.2. The summed E-state index contributed by atoms with van der Waals surface area (Å²) in [5.41, 5.74) is 1.73. The topological polar surface area (TPSA) is 81.2 Å². The molecule has 0 aliphatic rings. The number of ether oxygens (including phenoxy) is 2. The van der Waals surface area contributed by atoms with Crippen LogP contribution in [-0.4, -0.2) is 29.2 Å². The Morgan fingerprint density at radius 3 is 2.56 bits per heavy atom. The molecular formula is C18H19N5O2. The second kappa shape index (κ2) is 7.96. The van der Waals surface area contributed by atoms with Crippen molar-refractivity contribution in [3.05, 3.63) is 60.7 Å². The van der Waals surface area contributed by atoms with Crippen molar-refractivity contribution in [2.45, 2.75) is 6.54 Å². The number of hydrogen-bond donors (Lipinski definition) is 2. The number of anilines is 3. The number of nitrogens with one attached hydrogen (secondary N) is 2. The van der Waals surface area contributed by atoms with Crippen LogP contribution in [0, 0.1) is 0 Å². The Morgan fingerprint density at radius 1 is 0.920 bits per heavy atom. The van der Waals surface area contributed by atoms with Crippen molar-refractivity contribution in [3.63, 3.8) is 0 Å². The van der Waals surface area contributed by atoms with Gasteiger partial charge >= 0.3 is 0 Å². The van der Waals surface area contributed by atoms with E-state index in [0.717, 1.165) is 17.1 Å². The van der Waals surface area contributed by atoms with Crippen molar-refractivity contribution in [2.75, 3.05) is 24.9 Å². The molecule has 128 valence electrons. The van der Waals surface area contributed by atoms with Crippen LogP contribution >= 0.6 is 0 Å². The number of aromatic nitrogens is 3. The standard InChI is InChI=1S/C18H19N5O2/c1-24-14-6-7-15(16(9-14)25-2)23-18-10-17(21-12-22-18)20-11-13-5-3-4-8-19-13/h3-10,12H,11H2,1-2H3,(H2,20,21,22,23). The van der Waals surface area contributed by atoms with Crippen molar-refractivity contribution in [3.8, 4) is 11.5 Å². The van der Waals surface area contributed by atoms with Crippen LogP contribution in [0.2, 0.25) is 0 Å². The largest absolute Gasteiger partial charge is 0.497 e. The minimum atomic E-state index is 0.586. The fourth-order valence-corrected chi connectivity index (χ4v) is 2.25. The van der Waals surface area contributed by atoms with E-state index in [-0.39, 0.29) is 0 Å². The van der Waals surface area contributed by atoms with Crippen LogP contribution in [0.15, 0.2) is 55.0 Å². The number of nitrogens with zero attached hydrogens (tertiary/aromatic N) is 3. The van der Waals surface area contributed by atoms with Crippen LogP contribution in [-0.2, 0) is 6.54 Å². The normalized spacial score (nSPS) is 10.2. The van der Waals surface area contributed by atoms with E-state index in [2.05, 4.69) is 25.6 Å². The van der Waals surface area contributed by atoms with Gasteiger partial charge < -0.3 is 20.1 Å². The van der Waals surface area contributed by atoms with Crippen molar-refractivity contribution < 1.29 is 9.47 Å². The Kier molecular flexibility index (Phi) is 5.26. The highest BCUT2D eigenvalue weighted by Crippen LogP contribution is 2.31. The van der Waals surface area contributed by atoms with Gasteiger partial charge in [-0.3, -0.25) is 4.98 Å². The average Bonchev–Trinajstić information content (AvgIpc) is 2.68. The lowest BCUT2D eigenvalue weighted by Crippen LogP contribution is -2.04. The first-order valence-corrected chi connectivity index (χ1v) is 7.73. The fraction of sp³-hybridized carbons (Fsp3) is 0.167. The van der Waals surface area contributed by atoms with Gasteiger partial charge in [-0.15, -0.1) is 0 Å². The molecule has 7 heteroatoms. The minimum Gasteiger partial charge on any atom is -0.497 e. The summed E-state index contributed by atoms with van der Waals surface area (Å²) in [6.07, 6.45) is 3.26. The summed E-state index contributed by atoms with van der Waals surface area (Å²) >= 11 is 0. The first-order chi connectivity index (χ1) is 12.3. The Balaban J connectivity index is 1.71. The van der Waals surface area contributed by atoms with Gasteiger partial charge in [-0.1, -0.05) is 6.07 Å². The number of benzene rings is 1. The van der Waals surface area contributed by atoms with Gasteiger partial charge in [0.15, 0.2) is 0 Å². The van der Waals surface area contributed by atoms with Gasteiger partial charge in [0.25, 0.3) is 0 Å².